The van der Waals surface area contributed by atoms with Crippen molar-refractivity contribution < 1.29 is 13.9 Å². The molecule has 0 atom stereocenters. The molecule has 1 aliphatic rings. The highest BCUT2D eigenvalue weighted by Gasteiger charge is 2.23. The van der Waals surface area contributed by atoms with E-state index in [0.29, 0.717) is 18.7 Å². The predicted molar refractivity (Wildman–Crippen MR) is 128 cm³/mol. The summed E-state index contributed by atoms with van der Waals surface area (Å²) in [7, 11) is 2.08. The van der Waals surface area contributed by atoms with Crippen molar-refractivity contribution in [2.24, 2.45) is 0 Å². The Balaban J connectivity index is 1.22. The van der Waals surface area contributed by atoms with Gasteiger partial charge in [-0.05, 0) is 48.5 Å². The first kappa shape index (κ1) is 23.6. The fourth-order valence-electron chi connectivity index (χ4n) is 4.00. The van der Waals surface area contributed by atoms with E-state index in [1.54, 1.807) is 30.9 Å². The van der Waals surface area contributed by atoms with Gasteiger partial charge in [0, 0.05) is 45.1 Å². The number of likely N-dealkylation sites (N-methyl/N-ethyl adjacent to an activating group) is 1. The van der Waals surface area contributed by atoms with Gasteiger partial charge in [0.15, 0.2) is 0 Å². The number of benzene rings is 2. The van der Waals surface area contributed by atoms with E-state index >= 15 is 0 Å². The van der Waals surface area contributed by atoms with Crippen molar-refractivity contribution in [2.75, 3.05) is 26.7 Å². The van der Waals surface area contributed by atoms with Gasteiger partial charge < -0.3 is 14.5 Å². The highest BCUT2D eigenvalue weighted by atomic mass is 19.1. The zero-order valence-electron chi connectivity index (χ0n) is 19.4. The molecule has 1 fully saturated rings. The first-order chi connectivity index (χ1) is 16.5. The van der Waals surface area contributed by atoms with Crippen LogP contribution in [0.15, 0.2) is 67.3 Å². The molecule has 1 amide bonds. The van der Waals surface area contributed by atoms with E-state index in [1.807, 2.05) is 21.7 Å². The lowest BCUT2D eigenvalue weighted by Gasteiger charge is -2.31. The Hall–Kier alpha value is -3.52. The van der Waals surface area contributed by atoms with Crippen molar-refractivity contribution >= 4 is 12.0 Å². The van der Waals surface area contributed by atoms with Gasteiger partial charge in [0.2, 0.25) is 5.91 Å². The van der Waals surface area contributed by atoms with Crippen LogP contribution in [0.4, 0.5) is 4.39 Å². The largest absolute Gasteiger partial charge is 0.490 e. The van der Waals surface area contributed by atoms with Gasteiger partial charge in [0.05, 0.1) is 6.54 Å². The van der Waals surface area contributed by atoms with Crippen LogP contribution in [0, 0.1) is 5.82 Å². The number of amides is 1. The van der Waals surface area contributed by atoms with Gasteiger partial charge in [0.25, 0.3) is 0 Å². The molecule has 178 valence electrons. The number of piperidine rings is 1. The molecule has 2 heterocycles. The molecule has 4 rings (SSSR count). The zero-order chi connectivity index (χ0) is 23.8. The van der Waals surface area contributed by atoms with E-state index in [9.17, 15) is 9.18 Å². The smallest absolute Gasteiger partial charge is 0.246 e. The number of nitrogens with zero attached hydrogens (tertiary/aromatic N) is 5. The lowest BCUT2D eigenvalue weighted by atomic mass is 10.1. The molecule has 1 aromatic heterocycles. The predicted octanol–water partition coefficient (Wildman–Crippen LogP) is 3.63. The van der Waals surface area contributed by atoms with E-state index in [-0.39, 0.29) is 17.8 Å². The summed E-state index contributed by atoms with van der Waals surface area (Å²) in [5.74, 6) is 0.492. The summed E-state index contributed by atoms with van der Waals surface area (Å²) in [4.78, 5) is 20.5. The van der Waals surface area contributed by atoms with Crippen LogP contribution in [0.1, 0.15) is 24.0 Å². The number of carbonyl (C=O) groups is 1. The minimum absolute atomic E-state index is 0.0568. The minimum Gasteiger partial charge on any atom is -0.490 e. The number of likely N-dealkylation sites (tertiary alicyclic amines) is 1. The quantitative estimate of drug-likeness (QED) is 0.454. The summed E-state index contributed by atoms with van der Waals surface area (Å²) in [5, 5.41) is 4.13. The van der Waals surface area contributed by atoms with Gasteiger partial charge >= 0.3 is 0 Å². The second-order valence-corrected chi connectivity index (χ2v) is 8.57. The van der Waals surface area contributed by atoms with Crippen molar-refractivity contribution in [1.82, 2.24) is 24.6 Å². The van der Waals surface area contributed by atoms with Crippen LogP contribution < -0.4 is 4.74 Å². The monoisotopic (exact) mass is 463 g/mol. The third kappa shape index (κ3) is 6.99. The maximum Gasteiger partial charge on any atom is 0.246 e. The first-order valence-electron chi connectivity index (χ1n) is 11.5. The summed E-state index contributed by atoms with van der Waals surface area (Å²) < 4.78 is 21.3. The van der Waals surface area contributed by atoms with Crippen LogP contribution in [0.3, 0.4) is 0 Å². The number of ether oxygens (including phenoxy) is 1. The van der Waals surface area contributed by atoms with Crippen LogP contribution in [0.2, 0.25) is 0 Å². The standard InChI is InChI=1S/C26H30FN5O2/c1-30(14-15-32-20-28-19-29-32)18-22-5-3-7-25(17-22)34-24-10-12-31(13-11-24)26(33)9-8-21-4-2-6-23(27)16-21/h2-9,16-17,19-20,24H,10-15,18H2,1H3/b9-8+. The van der Waals surface area contributed by atoms with Crippen LogP contribution >= 0.6 is 0 Å². The van der Waals surface area contributed by atoms with Gasteiger partial charge in [-0.2, -0.15) is 5.10 Å². The normalized spacial score (nSPS) is 14.7. The molecule has 0 radical (unpaired) electrons. The van der Waals surface area contributed by atoms with E-state index in [0.717, 1.165) is 38.2 Å². The topological polar surface area (TPSA) is 63.5 Å². The van der Waals surface area contributed by atoms with Gasteiger partial charge in [-0.25, -0.2) is 9.37 Å². The Morgan fingerprint density at radius 2 is 2.03 bits per heavy atom. The lowest BCUT2D eigenvalue weighted by Crippen LogP contribution is -2.41. The molecule has 8 heteroatoms. The molecule has 0 aliphatic carbocycles. The number of hydrogen-bond acceptors (Lipinski definition) is 5. The molecule has 1 saturated heterocycles. The molecule has 0 spiro atoms. The molecule has 3 aromatic rings. The summed E-state index contributed by atoms with van der Waals surface area (Å²) in [6, 6.07) is 14.4. The minimum atomic E-state index is -0.310. The Morgan fingerprint density at radius 1 is 1.21 bits per heavy atom. The number of halogens is 1. The van der Waals surface area contributed by atoms with Crippen molar-refractivity contribution in [1.29, 1.82) is 0 Å². The molecule has 0 bridgehead atoms. The molecule has 1 aliphatic heterocycles. The number of rotatable bonds is 9. The average Bonchev–Trinajstić information content (AvgIpc) is 3.36. The molecular formula is C26H30FN5O2. The fraction of sp³-hybridized carbons (Fsp3) is 0.346. The van der Waals surface area contributed by atoms with E-state index in [2.05, 4.69) is 34.2 Å². The molecule has 2 aromatic carbocycles. The second-order valence-electron chi connectivity index (χ2n) is 8.57. The summed E-state index contributed by atoms with van der Waals surface area (Å²) in [6.45, 7) is 3.76. The Labute approximate surface area is 199 Å². The van der Waals surface area contributed by atoms with Gasteiger partial charge in [-0.1, -0.05) is 24.3 Å². The summed E-state index contributed by atoms with van der Waals surface area (Å²) in [6.07, 6.45) is 8.08. The molecule has 0 unspecified atom stereocenters. The fourth-order valence-corrected chi connectivity index (χ4v) is 4.00. The number of aromatic nitrogens is 3. The maximum absolute atomic E-state index is 13.3. The van der Waals surface area contributed by atoms with Crippen molar-refractivity contribution in [3.63, 3.8) is 0 Å². The van der Waals surface area contributed by atoms with Crippen LogP contribution in [0.5, 0.6) is 5.75 Å². The molecule has 7 nitrogen and oxygen atoms in total. The van der Waals surface area contributed by atoms with Crippen molar-refractivity contribution in [2.45, 2.75) is 32.0 Å². The highest BCUT2D eigenvalue weighted by Crippen LogP contribution is 2.21. The Bertz CT molecular complexity index is 1090. The highest BCUT2D eigenvalue weighted by molar-refractivity contribution is 5.91. The van der Waals surface area contributed by atoms with Crippen LogP contribution in [0.25, 0.3) is 6.08 Å². The third-order valence-electron chi connectivity index (χ3n) is 5.85. The Morgan fingerprint density at radius 3 is 2.79 bits per heavy atom. The van der Waals surface area contributed by atoms with Crippen LogP contribution in [-0.4, -0.2) is 63.3 Å². The van der Waals surface area contributed by atoms with Gasteiger partial charge in [0.1, 0.15) is 30.3 Å². The molecule has 0 N–H and O–H groups in total. The zero-order valence-corrected chi connectivity index (χ0v) is 19.4. The first-order valence-corrected chi connectivity index (χ1v) is 11.5. The van der Waals surface area contributed by atoms with E-state index in [1.165, 1.54) is 23.8 Å². The van der Waals surface area contributed by atoms with E-state index in [4.69, 9.17) is 4.74 Å². The molecule has 34 heavy (non-hydrogen) atoms. The van der Waals surface area contributed by atoms with E-state index < -0.39 is 0 Å². The van der Waals surface area contributed by atoms with Crippen LogP contribution in [-0.2, 0) is 17.9 Å². The second kappa shape index (κ2) is 11.6. The van der Waals surface area contributed by atoms with Crippen molar-refractivity contribution in [3.8, 4) is 5.75 Å². The number of carbonyl (C=O) groups excluding carboxylic acids is 1. The Kier molecular flexibility index (Phi) is 8.04. The molecule has 0 saturated carbocycles. The lowest BCUT2D eigenvalue weighted by molar-refractivity contribution is -0.127. The molecular weight excluding hydrogens is 433 g/mol. The van der Waals surface area contributed by atoms with Gasteiger partial charge in [-0.3, -0.25) is 9.48 Å². The summed E-state index contributed by atoms with van der Waals surface area (Å²) in [5.41, 5.74) is 1.86. The SMILES string of the molecule is CN(CCn1cncn1)Cc1cccc(OC2CCN(C(=O)/C=C/c3cccc(F)c3)CC2)c1. The number of hydrogen-bond donors (Lipinski definition) is 0. The third-order valence-corrected chi connectivity index (χ3v) is 5.85. The summed E-state index contributed by atoms with van der Waals surface area (Å²) >= 11 is 0. The maximum atomic E-state index is 13.3. The van der Waals surface area contributed by atoms with Gasteiger partial charge in [-0.15, -0.1) is 0 Å². The van der Waals surface area contributed by atoms with Crippen molar-refractivity contribution in [3.05, 3.63) is 84.2 Å². The average molecular weight is 464 g/mol.